The van der Waals surface area contributed by atoms with Crippen LogP contribution >= 0.6 is 11.6 Å². The first kappa shape index (κ1) is 37.3. The Bertz CT molecular complexity index is 1720. The molecule has 4 N–H and O–H groups in total. The van der Waals surface area contributed by atoms with Crippen LogP contribution in [0.5, 0.6) is 0 Å². The van der Waals surface area contributed by atoms with Gasteiger partial charge in [0.2, 0.25) is 17.7 Å². The van der Waals surface area contributed by atoms with Crippen molar-refractivity contribution in [1.82, 2.24) is 25.0 Å². The Kier molecular flexibility index (Phi) is 10.3. The number of nitrogens with one attached hydrogen (secondary N) is 4. The second-order valence-electron chi connectivity index (χ2n) is 16.1. The first-order valence-corrected chi connectivity index (χ1v) is 19.8. The lowest BCUT2D eigenvalue weighted by Gasteiger charge is -2.36. The van der Waals surface area contributed by atoms with Crippen LogP contribution in [0.4, 0.5) is 0 Å². The van der Waals surface area contributed by atoms with E-state index in [-0.39, 0.29) is 43.7 Å². The molecule has 51 heavy (non-hydrogen) atoms. The lowest BCUT2D eigenvalue weighted by Crippen LogP contribution is -2.60. The van der Waals surface area contributed by atoms with Crippen LogP contribution in [0.25, 0.3) is 0 Å². The summed E-state index contributed by atoms with van der Waals surface area (Å²) in [5.74, 6) is -2.46. The lowest BCUT2D eigenvalue weighted by molar-refractivity contribution is -0.145. The van der Waals surface area contributed by atoms with Gasteiger partial charge in [0.05, 0.1) is 12.3 Å². The van der Waals surface area contributed by atoms with Crippen LogP contribution in [0.1, 0.15) is 97.0 Å². The van der Waals surface area contributed by atoms with Crippen LogP contribution < -0.4 is 20.1 Å². The number of carbonyl (C=O) groups excluding carboxylic acids is 4. The van der Waals surface area contributed by atoms with Gasteiger partial charge in [0.1, 0.15) is 17.6 Å². The van der Waals surface area contributed by atoms with Crippen LogP contribution in [0.3, 0.4) is 0 Å². The molecule has 2 heterocycles. The maximum absolute atomic E-state index is 14.6. The van der Waals surface area contributed by atoms with Gasteiger partial charge in [0.25, 0.3) is 5.91 Å². The van der Waals surface area contributed by atoms with Gasteiger partial charge in [-0.25, -0.2) is 4.72 Å². The molecule has 3 aliphatic carbocycles. The van der Waals surface area contributed by atoms with Crippen molar-refractivity contribution in [2.75, 3.05) is 6.54 Å². The highest BCUT2D eigenvalue weighted by Crippen LogP contribution is 2.46. The van der Waals surface area contributed by atoms with Crippen molar-refractivity contribution >= 4 is 51.2 Å². The molecule has 1 aromatic carbocycles. The van der Waals surface area contributed by atoms with E-state index in [9.17, 15) is 27.6 Å². The molecule has 2 aliphatic heterocycles. The van der Waals surface area contributed by atoms with Gasteiger partial charge in [-0.05, 0) is 55.6 Å². The first-order chi connectivity index (χ1) is 24.0. The van der Waals surface area contributed by atoms with Gasteiger partial charge in [-0.2, -0.15) is 13.1 Å². The van der Waals surface area contributed by atoms with E-state index in [0.29, 0.717) is 30.0 Å². The molecule has 1 spiro atoms. The highest BCUT2D eigenvalue weighted by atomic mass is 35.5. The molecule has 4 amide bonds. The zero-order valence-corrected chi connectivity index (χ0v) is 31.1. The fourth-order valence-electron chi connectivity index (χ4n) is 7.64. The highest BCUT2D eigenvalue weighted by Gasteiger charge is 2.63. The van der Waals surface area contributed by atoms with Crippen LogP contribution in [0.2, 0.25) is 5.02 Å². The number of hydrogen-bond donors (Lipinski definition) is 4. The number of amides is 4. The third-order valence-corrected chi connectivity index (χ3v) is 12.1. The summed E-state index contributed by atoms with van der Waals surface area (Å²) < 4.78 is 29.8. The summed E-state index contributed by atoms with van der Waals surface area (Å²) in [5.41, 5.74) is -2.01. The van der Waals surface area contributed by atoms with Crippen LogP contribution in [-0.4, -0.2) is 78.5 Å². The third kappa shape index (κ3) is 8.44. The fraction of sp³-hybridized carbons (Fsp3) is 0.639. The van der Waals surface area contributed by atoms with Gasteiger partial charge in [-0.15, -0.1) is 6.58 Å². The maximum atomic E-state index is 14.6. The summed E-state index contributed by atoms with van der Waals surface area (Å²) in [6.45, 7) is 9.35. The minimum absolute atomic E-state index is 0.00761. The first-order valence-electron chi connectivity index (χ1n) is 17.9. The van der Waals surface area contributed by atoms with Crippen molar-refractivity contribution in [3.8, 4) is 0 Å². The van der Waals surface area contributed by atoms with E-state index >= 15 is 0 Å². The Morgan fingerprint density at radius 1 is 1.12 bits per heavy atom. The molecular formula is C36H49ClN6O7S. The van der Waals surface area contributed by atoms with E-state index in [1.54, 1.807) is 18.2 Å². The molecule has 0 unspecified atom stereocenters. The van der Waals surface area contributed by atoms with Gasteiger partial charge < -0.3 is 20.4 Å². The maximum Gasteiger partial charge on any atom is 0.301 e. The summed E-state index contributed by atoms with van der Waals surface area (Å²) in [6, 6.07) is 4.84. The fourth-order valence-corrected chi connectivity index (χ4v) is 8.99. The van der Waals surface area contributed by atoms with Gasteiger partial charge in [0, 0.05) is 41.8 Å². The quantitative estimate of drug-likeness (QED) is 0.237. The molecule has 278 valence electrons. The average molecular weight is 745 g/mol. The van der Waals surface area contributed by atoms with E-state index in [4.69, 9.17) is 16.4 Å². The van der Waals surface area contributed by atoms with Crippen molar-refractivity contribution < 1.29 is 32.4 Å². The van der Waals surface area contributed by atoms with Gasteiger partial charge in [-0.3, -0.25) is 19.2 Å². The summed E-state index contributed by atoms with van der Waals surface area (Å²) in [4.78, 5) is 63.4. The number of oxime groups is 1. The summed E-state index contributed by atoms with van der Waals surface area (Å²) >= 11 is 6.25. The number of hydrogen-bond acceptors (Lipinski definition) is 8. The molecular weight excluding hydrogens is 696 g/mol. The molecule has 5 aliphatic rings. The Labute approximate surface area is 304 Å². The zero-order valence-electron chi connectivity index (χ0n) is 29.5. The molecule has 0 bridgehead atoms. The normalized spacial score (nSPS) is 28.4. The van der Waals surface area contributed by atoms with Gasteiger partial charge in [-0.1, -0.05) is 75.0 Å². The molecule has 0 aromatic heterocycles. The number of likely N-dealkylation sites (tertiary alicyclic amines) is 1. The summed E-state index contributed by atoms with van der Waals surface area (Å²) in [7, 11) is -4.16. The molecule has 4 fully saturated rings. The number of halogens is 1. The largest absolute Gasteiger partial charge is 0.387 e. The zero-order chi connectivity index (χ0) is 36.8. The molecule has 15 heteroatoms. The smallest absolute Gasteiger partial charge is 0.301 e. The Hall–Kier alpha value is -3.49. The topological polar surface area (TPSA) is 175 Å². The number of nitrogens with zero attached hydrogens (tertiary/aromatic N) is 2. The second-order valence-corrected chi connectivity index (χ2v) is 18.0. The minimum atomic E-state index is -4.16. The Balaban J connectivity index is 1.25. The SMILES string of the molecule is C=C[C@@H]1C[C@]1(NC(=O)[C@@H]1C[C@]2(CC(c3cccc(Cl)c3)=NO2)CN1C(=O)[C@@H](NC(=O)CC1CCCCC1)C(C)(C)C)C(=O)NS(=O)(=O)NC1CC1. The number of carbonyl (C=O) groups is 4. The van der Waals surface area contributed by atoms with Gasteiger partial charge in [0.15, 0.2) is 5.60 Å². The van der Waals surface area contributed by atoms with E-state index in [1.165, 1.54) is 11.0 Å². The molecule has 1 saturated heterocycles. The third-order valence-electron chi connectivity index (χ3n) is 10.8. The van der Waals surface area contributed by atoms with Gasteiger partial charge >= 0.3 is 10.2 Å². The van der Waals surface area contributed by atoms with Crippen LogP contribution in [-0.2, 0) is 34.2 Å². The van der Waals surface area contributed by atoms with E-state index in [2.05, 4.69) is 31.8 Å². The van der Waals surface area contributed by atoms with Crippen molar-refractivity contribution in [1.29, 1.82) is 0 Å². The molecule has 6 rings (SSSR count). The number of benzene rings is 1. The molecule has 5 atom stereocenters. The minimum Gasteiger partial charge on any atom is -0.387 e. The number of rotatable bonds is 12. The molecule has 0 radical (unpaired) electrons. The van der Waals surface area contributed by atoms with Crippen molar-refractivity contribution in [3.63, 3.8) is 0 Å². The monoisotopic (exact) mass is 744 g/mol. The lowest BCUT2D eigenvalue weighted by atomic mass is 9.84. The second kappa shape index (κ2) is 14.1. The molecule has 1 aromatic rings. The summed E-state index contributed by atoms with van der Waals surface area (Å²) in [6.07, 6.45) is 8.94. The van der Waals surface area contributed by atoms with Crippen LogP contribution in [0.15, 0.2) is 42.1 Å². The average Bonchev–Trinajstić information content (AvgIpc) is 3.94. The van der Waals surface area contributed by atoms with Crippen molar-refractivity contribution in [3.05, 3.63) is 47.5 Å². The van der Waals surface area contributed by atoms with Crippen LogP contribution in [0, 0.1) is 17.3 Å². The summed E-state index contributed by atoms with van der Waals surface area (Å²) in [5, 5.41) is 10.7. The molecule has 3 saturated carbocycles. The molecule has 13 nitrogen and oxygen atoms in total. The predicted octanol–water partition coefficient (Wildman–Crippen LogP) is 3.48. The Morgan fingerprint density at radius 2 is 1.84 bits per heavy atom. The standard InChI is InChI=1S/C36H49ClN6O7S/c1-5-24-18-36(24,33(47)42-51(48,49)41-26-14-15-26)39-31(45)28-20-35(19-27(40-50-35)23-12-9-13-25(37)17-23)21-43(28)32(46)30(34(2,3)4)38-29(44)16-22-10-7-6-8-11-22/h5,9,12-13,17,22,24,26,28,30,41H,1,6-8,10-11,14-16,18-21H2,2-4H3,(H,38,44)(H,39,45)(H,42,47)/t24-,28+,30-,35-,36-/m1/s1. The van der Waals surface area contributed by atoms with Crippen molar-refractivity contribution in [2.45, 2.75) is 121 Å². The van der Waals surface area contributed by atoms with Crippen molar-refractivity contribution in [2.24, 2.45) is 22.4 Å². The van der Waals surface area contributed by atoms with E-state index < -0.39 is 62.5 Å². The van der Waals surface area contributed by atoms with E-state index in [0.717, 1.165) is 37.7 Å². The highest BCUT2D eigenvalue weighted by molar-refractivity contribution is 7.88. The predicted molar refractivity (Wildman–Crippen MR) is 192 cm³/mol. The van der Waals surface area contributed by atoms with E-state index in [1.807, 2.05) is 26.8 Å². The Morgan fingerprint density at radius 3 is 2.47 bits per heavy atom.